The number of nitrogens with zero attached hydrogens (tertiary/aromatic N) is 5. The van der Waals surface area contributed by atoms with Gasteiger partial charge in [-0.3, -0.25) is 4.79 Å². The lowest BCUT2D eigenvalue weighted by Crippen LogP contribution is -2.43. The molecule has 11 nitrogen and oxygen atoms in total. The zero-order valence-electron chi connectivity index (χ0n) is 23.5. The Morgan fingerprint density at radius 3 is 2.12 bits per heavy atom. The van der Waals surface area contributed by atoms with E-state index < -0.39 is 35.5 Å². The van der Waals surface area contributed by atoms with Crippen molar-refractivity contribution in [3.63, 3.8) is 0 Å². The van der Waals surface area contributed by atoms with Gasteiger partial charge in [0.2, 0.25) is 5.95 Å². The highest BCUT2D eigenvalue weighted by atomic mass is 19.4. The molecule has 1 aliphatic heterocycles. The highest BCUT2D eigenvalue weighted by Gasteiger charge is 2.38. The molecule has 0 spiro atoms. The second-order valence-corrected chi connectivity index (χ2v) is 9.57. The maximum absolute atomic E-state index is 14.7. The van der Waals surface area contributed by atoms with Crippen LogP contribution in [0.15, 0.2) is 42.5 Å². The fourth-order valence-corrected chi connectivity index (χ4v) is 3.81. The second kappa shape index (κ2) is 13.4. The van der Waals surface area contributed by atoms with Gasteiger partial charge < -0.3 is 25.5 Å². The van der Waals surface area contributed by atoms with Crippen molar-refractivity contribution < 1.29 is 41.4 Å². The molecule has 3 aromatic rings. The number of fused-ring (bicyclic) bond motifs is 1. The van der Waals surface area contributed by atoms with Crippen LogP contribution in [0.2, 0.25) is 0 Å². The molecule has 0 saturated carbocycles. The van der Waals surface area contributed by atoms with Crippen LogP contribution in [0.1, 0.15) is 15.9 Å². The number of rotatable bonds is 7. The Morgan fingerprint density at radius 2 is 1.60 bits per heavy atom. The Labute approximate surface area is 242 Å². The minimum Gasteiger partial charge on any atom is -0.475 e. The van der Waals surface area contributed by atoms with E-state index in [-0.39, 0.29) is 24.2 Å². The van der Waals surface area contributed by atoms with Crippen LogP contribution in [0.25, 0.3) is 11.3 Å². The molecule has 0 saturated heterocycles. The molecule has 0 radical (unpaired) electrons. The largest absolute Gasteiger partial charge is 0.490 e. The fourth-order valence-electron chi connectivity index (χ4n) is 3.81. The molecular weight excluding hydrogens is 581 g/mol. The van der Waals surface area contributed by atoms with E-state index in [0.717, 1.165) is 17.0 Å². The number of carboxylic acid groups (broad SMARTS) is 1. The third-order valence-corrected chi connectivity index (χ3v) is 5.87. The van der Waals surface area contributed by atoms with Crippen molar-refractivity contribution in [3.8, 4) is 11.3 Å². The van der Waals surface area contributed by atoms with Gasteiger partial charge in [0, 0.05) is 43.9 Å². The molecule has 1 aromatic heterocycles. The number of carboxylic acids is 1. The normalized spacial score (nSPS) is 12.6. The fraction of sp³-hybridized carbons (Fsp3) is 0.296. The topological polar surface area (TPSA) is 131 Å². The van der Waals surface area contributed by atoms with Crippen LogP contribution in [0.4, 0.5) is 44.2 Å². The number of nitrogens with one attached hydrogen (secondary N) is 2. The Hall–Kier alpha value is -4.86. The highest BCUT2D eigenvalue weighted by molar-refractivity contribution is 6.02. The SMILES string of the molecule is CN(C)CCNc1nc(-c2ccc(C(=O)N(C)C)cc2)c2c(n1)N(c1c(F)cccc1F)C(=O)NC2.O=C(O)C(F)(F)F. The first-order valence-corrected chi connectivity index (χ1v) is 12.6. The predicted molar refractivity (Wildman–Crippen MR) is 147 cm³/mol. The van der Waals surface area contributed by atoms with E-state index in [1.807, 2.05) is 19.0 Å². The number of hydrogen-bond donors (Lipinski definition) is 3. The third-order valence-electron chi connectivity index (χ3n) is 5.87. The average Bonchev–Trinajstić information content (AvgIpc) is 2.93. The summed E-state index contributed by atoms with van der Waals surface area (Å²) in [5.41, 5.74) is 1.59. The van der Waals surface area contributed by atoms with Crippen molar-refractivity contribution >= 4 is 35.4 Å². The smallest absolute Gasteiger partial charge is 0.475 e. The molecule has 0 bridgehead atoms. The second-order valence-electron chi connectivity index (χ2n) is 9.57. The highest BCUT2D eigenvalue weighted by Crippen LogP contribution is 2.38. The molecule has 2 heterocycles. The molecule has 0 unspecified atom stereocenters. The number of urea groups is 1. The number of para-hydroxylation sites is 1. The molecule has 0 aliphatic carbocycles. The van der Waals surface area contributed by atoms with Crippen LogP contribution >= 0.6 is 0 Å². The third kappa shape index (κ3) is 7.91. The summed E-state index contributed by atoms with van der Waals surface area (Å²) in [6, 6.07) is 9.54. The molecule has 16 heteroatoms. The average molecular weight is 610 g/mol. The molecule has 0 fully saturated rings. The molecule has 3 amide bonds. The van der Waals surface area contributed by atoms with Gasteiger partial charge in [-0.2, -0.15) is 18.2 Å². The quantitative estimate of drug-likeness (QED) is 0.342. The number of likely N-dealkylation sites (N-methyl/N-ethyl adjacent to an activating group) is 1. The minimum atomic E-state index is -5.08. The number of halogens is 5. The molecule has 230 valence electrons. The molecule has 3 N–H and O–H groups in total. The van der Waals surface area contributed by atoms with Crippen molar-refractivity contribution in [2.75, 3.05) is 51.5 Å². The summed E-state index contributed by atoms with van der Waals surface area (Å²) in [6.07, 6.45) is -5.08. The van der Waals surface area contributed by atoms with Gasteiger partial charge >= 0.3 is 18.2 Å². The maximum atomic E-state index is 14.7. The van der Waals surface area contributed by atoms with Crippen LogP contribution in [-0.4, -0.2) is 90.2 Å². The summed E-state index contributed by atoms with van der Waals surface area (Å²) in [6.45, 7) is 1.25. The first-order valence-electron chi connectivity index (χ1n) is 12.6. The first kappa shape index (κ1) is 32.7. The lowest BCUT2D eigenvalue weighted by molar-refractivity contribution is -0.192. The zero-order chi connectivity index (χ0) is 32.1. The van der Waals surface area contributed by atoms with E-state index in [9.17, 15) is 31.5 Å². The van der Waals surface area contributed by atoms with Gasteiger partial charge in [0.25, 0.3) is 5.91 Å². The van der Waals surface area contributed by atoms with Crippen molar-refractivity contribution in [3.05, 3.63) is 65.2 Å². The Kier molecular flexibility index (Phi) is 10.2. The van der Waals surface area contributed by atoms with E-state index in [0.29, 0.717) is 35.5 Å². The number of aliphatic carboxylic acids is 1. The Morgan fingerprint density at radius 1 is 1.02 bits per heavy atom. The van der Waals surface area contributed by atoms with Gasteiger partial charge in [-0.25, -0.2) is 28.3 Å². The summed E-state index contributed by atoms with van der Waals surface area (Å²) in [7, 11) is 7.18. The number of alkyl halides is 3. The van der Waals surface area contributed by atoms with Crippen molar-refractivity contribution in [1.82, 2.24) is 25.1 Å². The summed E-state index contributed by atoms with van der Waals surface area (Å²) in [5.74, 6) is -4.42. The van der Waals surface area contributed by atoms with E-state index in [2.05, 4.69) is 20.6 Å². The van der Waals surface area contributed by atoms with Crippen molar-refractivity contribution in [1.29, 1.82) is 0 Å². The Bertz CT molecular complexity index is 1480. The maximum Gasteiger partial charge on any atom is 0.490 e. The van der Waals surface area contributed by atoms with Gasteiger partial charge in [-0.15, -0.1) is 0 Å². The lowest BCUT2D eigenvalue weighted by Gasteiger charge is -2.30. The number of aromatic nitrogens is 2. The molecule has 2 aromatic carbocycles. The van der Waals surface area contributed by atoms with Crippen molar-refractivity contribution in [2.45, 2.75) is 12.7 Å². The molecule has 1 aliphatic rings. The molecule has 43 heavy (non-hydrogen) atoms. The number of amides is 3. The number of anilines is 3. The molecule has 0 atom stereocenters. The number of carbonyl (C=O) groups excluding carboxylic acids is 2. The van der Waals surface area contributed by atoms with E-state index in [4.69, 9.17) is 9.90 Å². The number of carbonyl (C=O) groups is 3. The van der Waals surface area contributed by atoms with Crippen LogP contribution < -0.4 is 15.5 Å². The van der Waals surface area contributed by atoms with E-state index in [1.54, 1.807) is 38.4 Å². The van der Waals surface area contributed by atoms with Crippen LogP contribution in [-0.2, 0) is 11.3 Å². The van der Waals surface area contributed by atoms with Crippen LogP contribution in [0.3, 0.4) is 0 Å². The van der Waals surface area contributed by atoms with Gasteiger partial charge in [0.1, 0.15) is 17.3 Å². The zero-order valence-corrected chi connectivity index (χ0v) is 23.5. The van der Waals surface area contributed by atoms with Crippen molar-refractivity contribution in [2.24, 2.45) is 0 Å². The number of benzene rings is 2. The van der Waals surface area contributed by atoms with Crippen LogP contribution in [0, 0.1) is 11.6 Å². The van der Waals surface area contributed by atoms with E-state index >= 15 is 0 Å². The van der Waals surface area contributed by atoms with Gasteiger partial charge in [0.15, 0.2) is 5.82 Å². The minimum absolute atomic E-state index is 0.0619. The van der Waals surface area contributed by atoms with Gasteiger partial charge in [-0.05, 0) is 38.4 Å². The number of hydrogen-bond acceptors (Lipinski definition) is 7. The monoisotopic (exact) mass is 609 g/mol. The van der Waals surface area contributed by atoms with Gasteiger partial charge in [-0.1, -0.05) is 18.2 Å². The molecular formula is C27H28F5N7O4. The summed E-state index contributed by atoms with van der Waals surface area (Å²) < 4.78 is 61.2. The Balaban J connectivity index is 0.000000646. The van der Waals surface area contributed by atoms with Crippen LogP contribution in [0.5, 0.6) is 0 Å². The predicted octanol–water partition coefficient (Wildman–Crippen LogP) is 4.09. The summed E-state index contributed by atoms with van der Waals surface area (Å²) in [5, 5.41) is 12.9. The summed E-state index contributed by atoms with van der Waals surface area (Å²) in [4.78, 5) is 47.6. The van der Waals surface area contributed by atoms with E-state index in [1.165, 1.54) is 11.0 Å². The standard InChI is InChI=1S/C25H27F2N7O2.C2HF3O2/c1-32(2)13-12-28-24-30-20(15-8-10-16(11-9-15)23(35)33(3)4)17-14-29-25(36)34(22(17)31-24)21-18(26)6-5-7-19(21)27;3-2(4,5)1(6)7/h5-11H,12-14H2,1-4H3,(H,29,36)(H,28,30,31);(H,6,7). The molecule has 4 rings (SSSR count). The first-order chi connectivity index (χ1) is 20.1. The summed E-state index contributed by atoms with van der Waals surface area (Å²) >= 11 is 0. The lowest BCUT2D eigenvalue weighted by atomic mass is 10.0. The van der Waals surface area contributed by atoms with Gasteiger partial charge in [0.05, 0.1) is 12.2 Å².